The highest BCUT2D eigenvalue weighted by Gasteiger charge is 2.32. The van der Waals surface area contributed by atoms with Crippen LogP contribution in [0.4, 0.5) is 5.82 Å². The molecule has 0 radical (unpaired) electrons. The Bertz CT molecular complexity index is 1210. The van der Waals surface area contributed by atoms with E-state index in [0.29, 0.717) is 48.9 Å². The summed E-state index contributed by atoms with van der Waals surface area (Å²) in [5, 5.41) is 0. The minimum atomic E-state index is -0.0296. The van der Waals surface area contributed by atoms with Crippen molar-refractivity contribution in [3.8, 4) is 11.5 Å². The summed E-state index contributed by atoms with van der Waals surface area (Å²) in [5.74, 6) is 2.88. The van der Waals surface area contributed by atoms with Gasteiger partial charge in [-0.15, -0.1) is 0 Å². The molecule has 2 aromatic carbocycles. The number of nitrogens with zero attached hydrogens (tertiary/aromatic N) is 4. The lowest BCUT2D eigenvalue weighted by Crippen LogP contribution is -2.33. The van der Waals surface area contributed by atoms with Gasteiger partial charge in [0.25, 0.3) is 5.91 Å². The standard InChI is InChI=1S/C26H26N4O3/c1-17-22-11-12-23(31)29(2)25(22)28-24(27-17)19-13-14-30(16-19)26(32)18-7-6-10-21(15-18)33-20-8-4-3-5-9-20/h3-10,15,19H,11-14,16H2,1-2H3. The second-order valence-corrected chi connectivity index (χ2v) is 8.60. The monoisotopic (exact) mass is 442 g/mol. The van der Waals surface area contributed by atoms with Crippen molar-refractivity contribution in [2.75, 3.05) is 25.0 Å². The Hall–Kier alpha value is -3.74. The Morgan fingerprint density at radius 1 is 1.03 bits per heavy atom. The van der Waals surface area contributed by atoms with Gasteiger partial charge in [-0.1, -0.05) is 24.3 Å². The molecule has 5 rings (SSSR count). The van der Waals surface area contributed by atoms with Crippen molar-refractivity contribution in [3.05, 3.63) is 77.2 Å². The molecular weight excluding hydrogens is 416 g/mol. The Kier molecular flexibility index (Phi) is 5.54. The van der Waals surface area contributed by atoms with E-state index in [0.717, 1.165) is 23.4 Å². The molecule has 2 aliphatic rings. The normalized spacial score (nSPS) is 17.8. The quantitative estimate of drug-likeness (QED) is 0.608. The number of aromatic nitrogens is 2. The number of anilines is 1. The number of likely N-dealkylation sites (tertiary alicyclic amines) is 1. The van der Waals surface area contributed by atoms with Crippen molar-refractivity contribution in [1.29, 1.82) is 0 Å². The first-order valence-corrected chi connectivity index (χ1v) is 11.3. The minimum absolute atomic E-state index is 0.0296. The fraction of sp³-hybridized carbons (Fsp3) is 0.308. The summed E-state index contributed by atoms with van der Waals surface area (Å²) in [6, 6.07) is 16.8. The number of amides is 2. The first-order valence-electron chi connectivity index (χ1n) is 11.3. The maximum atomic E-state index is 13.2. The highest BCUT2D eigenvalue weighted by Crippen LogP contribution is 2.32. The number of carbonyl (C=O) groups is 2. The van der Waals surface area contributed by atoms with Crippen molar-refractivity contribution in [3.63, 3.8) is 0 Å². The fourth-order valence-electron chi connectivity index (χ4n) is 4.53. The summed E-state index contributed by atoms with van der Waals surface area (Å²) in [5.41, 5.74) is 2.56. The molecule has 7 nitrogen and oxygen atoms in total. The Labute approximate surface area is 193 Å². The largest absolute Gasteiger partial charge is 0.457 e. The molecule has 0 saturated carbocycles. The molecule has 3 heterocycles. The maximum Gasteiger partial charge on any atom is 0.254 e. The van der Waals surface area contributed by atoms with Crippen LogP contribution in [0.2, 0.25) is 0 Å². The molecule has 0 aliphatic carbocycles. The molecule has 1 aromatic heterocycles. The second kappa shape index (κ2) is 8.65. The van der Waals surface area contributed by atoms with Gasteiger partial charge in [0, 0.05) is 49.3 Å². The van der Waals surface area contributed by atoms with Crippen molar-refractivity contribution >= 4 is 17.6 Å². The average molecular weight is 443 g/mol. The van der Waals surface area contributed by atoms with Gasteiger partial charge in [-0.3, -0.25) is 14.5 Å². The highest BCUT2D eigenvalue weighted by molar-refractivity contribution is 5.95. The molecule has 0 spiro atoms. The van der Waals surface area contributed by atoms with E-state index in [4.69, 9.17) is 14.7 Å². The van der Waals surface area contributed by atoms with Gasteiger partial charge in [0.05, 0.1) is 0 Å². The molecule has 3 aromatic rings. The van der Waals surface area contributed by atoms with Crippen molar-refractivity contribution < 1.29 is 14.3 Å². The molecular formula is C26H26N4O3. The van der Waals surface area contributed by atoms with Crippen LogP contribution in [-0.4, -0.2) is 46.8 Å². The molecule has 2 amide bonds. The number of rotatable bonds is 4. The third kappa shape index (κ3) is 4.18. The van der Waals surface area contributed by atoms with Gasteiger partial charge < -0.3 is 9.64 Å². The number of para-hydroxylation sites is 1. The predicted molar refractivity (Wildman–Crippen MR) is 125 cm³/mol. The molecule has 168 valence electrons. The Morgan fingerprint density at radius 3 is 2.64 bits per heavy atom. The van der Waals surface area contributed by atoms with E-state index in [2.05, 4.69) is 0 Å². The molecule has 33 heavy (non-hydrogen) atoms. The lowest BCUT2D eigenvalue weighted by Gasteiger charge is -2.26. The number of benzene rings is 2. The topological polar surface area (TPSA) is 75.6 Å². The van der Waals surface area contributed by atoms with Crippen LogP contribution in [0, 0.1) is 6.92 Å². The first kappa shape index (κ1) is 21.1. The second-order valence-electron chi connectivity index (χ2n) is 8.60. The van der Waals surface area contributed by atoms with Crippen LogP contribution in [0.5, 0.6) is 11.5 Å². The van der Waals surface area contributed by atoms with Crippen LogP contribution in [0.1, 0.15) is 46.2 Å². The molecule has 1 unspecified atom stereocenters. The molecule has 1 atom stereocenters. The minimum Gasteiger partial charge on any atom is -0.457 e. The molecule has 0 bridgehead atoms. The Balaban J connectivity index is 1.32. The van der Waals surface area contributed by atoms with Gasteiger partial charge in [-0.2, -0.15) is 0 Å². The van der Waals surface area contributed by atoms with E-state index in [1.165, 1.54) is 0 Å². The summed E-state index contributed by atoms with van der Waals surface area (Å²) in [6.45, 7) is 3.17. The smallest absolute Gasteiger partial charge is 0.254 e. The summed E-state index contributed by atoms with van der Waals surface area (Å²) in [4.78, 5) is 38.3. The molecule has 7 heteroatoms. The zero-order valence-electron chi connectivity index (χ0n) is 18.8. The van der Waals surface area contributed by atoms with Crippen LogP contribution in [0.15, 0.2) is 54.6 Å². The van der Waals surface area contributed by atoms with E-state index >= 15 is 0 Å². The summed E-state index contributed by atoms with van der Waals surface area (Å²) in [7, 11) is 1.77. The van der Waals surface area contributed by atoms with Gasteiger partial charge in [0.15, 0.2) is 0 Å². The van der Waals surface area contributed by atoms with E-state index < -0.39 is 0 Å². The zero-order valence-corrected chi connectivity index (χ0v) is 18.8. The van der Waals surface area contributed by atoms with Gasteiger partial charge >= 0.3 is 0 Å². The number of aryl methyl sites for hydroxylation is 1. The van der Waals surface area contributed by atoms with Crippen LogP contribution in [-0.2, 0) is 11.2 Å². The van der Waals surface area contributed by atoms with Crippen LogP contribution in [0.3, 0.4) is 0 Å². The van der Waals surface area contributed by atoms with Gasteiger partial charge in [0.2, 0.25) is 5.91 Å². The van der Waals surface area contributed by atoms with Gasteiger partial charge in [-0.25, -0.2) is 9.97 Å². The zero-order chi connectivity index (χ0) is 22.9. The third-order valence-electron chi connectivity index (χ3n) is 6.39. The van der Waals surface area contributed by atoms with Crippen molar-refractivity contribution in [2.24, 2.45) is 0 Å². The van der Waals surface area contributed by atoms with Gasteiger partial charge in [-0.05, 0) is 50.1 Å². The number of hydrogen-bond donors (Lipinski definition) is 0. The summed E-state index contributed by atoms with van der Waals surface area (Å²) < 4.78 is 5.88. The SMILES string of the molecule is Cc1nc(C2CCN(C(=O)c3cccc(Oc4ccccc4)c3)C2)nc2c1CCC(=O)N2C. The van der Waals surface area contributed by atoms with Crippen LogP contribution < -0.4 is 9.64 Å². The van der Waals surface area contributed by atoms with Crippen molar-refractivity contribution in [1.82, 2.24) is 14.9 Å². The van der Waals surface area contributed by atoms with Gasteiger partial charge in [0.1, 0.15) is 23.1 Å². The average Bonchev–Trinajstić information content (AvgIpc) is 3.32. The van der Waals surface area contributed by atoms with E-state index in [9.17, 15) is 9.59 Å². The molecule has 1 fully saturated rings. The number of hydrogen-bond acceptors (Lipinski definition) is 5. The van der Waals surface area contributed by atoms with E-state index in [1.807, 2.05) is 60.4 Å². The maximum absolute atomic E-state index is 13.2. The lowest BCUT2D eigenvalue weighted by molar-refractivity contribution is -0.118. The molecule has 2 aliphatic heterocycles. The number of carbonyl (C=O) groups excluding carboxylic acids is 2. The Morgan fingerprint density at radius 2 is 1.82 bits per heavy atom. The highest BCUT2D eigenvalue weighted by atomic mass is 16.5. The van der Waals surface area contributed by atoms with E-state index in [1.54, 1.807) is 18.0 Å². The number of ether oxygens (including phenoxy) is 1. The number of fused-ring (bicyclic) bond motifs is 1. The predicted octanol–water partition coefficient (Wildman–Crippen LogP) is 4.12. The fourth-order valence-corrected chi connectivity index (χ4v) is 4.53. The summed E-state index contributed by atoms with van der Waals surface area (Å²) in [6.07, 6.45) is 1.97. The molecule has 1 saturated heterocycles. The third-order valence-corrected chi connectivity index (χ3v) is 6.39. The van der Waals surface area contributed by atoms with Crippen LogP contribution >= 0.6 is 0 Å². The first-order chi connectivity index (χ1) is 16.0. The lowest BCUT2D eigenvalue weighted by atomic mass is 10.0. The van der Waals surface area contributed by atoms with E-state index in [-0.39, 0.29) is 17.7 Å². The molecule has 0 N–H and O–H groups in total. The summed E-state index contributed by atoms with van der Waals surface area (Å²) >= 11 is 0. The van der Waals surface area contributed by atoms with Crippen LogP contribution in [0.25, 0.3) is 0 Å². The van der Waals surface area contributed by atoms with Crippen molar-refractivity contribution in [2.45, 2.75) is 32.1 Å².